The molecule has 9 heteroatoms. The molecule has 0 heterocycles. The van der Waals surface area contributed by atoms with Gasteiger partial charge in [0.25, 0.3) is 5.69 Å². The van der Waals surface area contributed by atoms with E-state index in [1.165, 1.54) is 6.07 Å². The molecular formula is C14H7Cl4NO4. The Kier molecular flexibility index (Phi) is 7.45. The number of halogens is 4. The largest absolute Gasteiger partial charge is 0.298 e. The smallest absolute Gasteiger partial charge is 0.281 e. The molecule has 0 radical (unpaired) electrons. The number of carbonyl (C=O) groups excluding carboxylic acids is 2. The van der Waals surface area contributed by atoms with Gasteiger partial charge in [-0.1, -0.05) is 58.5 Å². The molecule has 2 rings (SSSR count). The molecule has 0 unspecified atom stereocenters. The minimum Gasteiger partial charge on any atom is -0.298 e. The zero-order chi connectivity index (χ0) is 17.6. The quantitative estimate of drug-likeness (QED) is 0.390. The SMILES string of the molecule is O=Cc1c([N+](=O)[O-])ccc(Cl)c1Cl.O=Cc1cccc(Cl)c1Cl. The molecule has 0 aromatic heterocycles. The summed E-state index contributed by atoms with van der Waals surface area (Å²) in [4.78, 5) is 30.4. The van der Waals surface area contributed by atoms with Crippen molar-refractivity contribution in [3.05, 3.63) is 71.7 Å². The van der Waals surface area contributed by atoms with Crippen molar-refractivity contribution in [3.8, 4) is 0 Å². The molecule has 0 spiro atoms. The van der Waals surface area contributed by atoms with E-state index < -0.39 is 4.92 Å². The molecule has 0 aliphatic carbocycles. The van der Waals surface area contributed by atoms with Crippen LogP contribution in [0.15, 0.2) is 30.3 Å². The standard InChI is InChI=1S/C7H3Cl2NO3.C7H4Cl2O/c8-5-1-2-6(10(12)13)4(3-11)7(5)9;8-6-3-1-2-5(4-10)7(6)9/h1-3H;1-4H. The van der Waals surface area contributed by atoms with Gasteiger partial charge in [0.2, 0.25) is 0 Å². The topological polar surface area (TPSA) is 77.3 Å². The molecule has 2 aromatic rings. The van der Waals surface area contributed by atoms with Crippen LogP contribution in [-0.2, 0) is 0 Å². The maximum Gasteiger partial charge on any atom is 0.281 e. The van der Waals surface area contributed by atoms with E-state index in [-0.39, 0.29) is 21.3 Å². The molecular weight excluding hydrogens is 388 g/mol. The zero-order valence-corrected chi connectivity index (χ0v) is 14.2. The summed E-state index contributed by atoms with van der Waals surface area (Å²) in [6.07, 6.45) is 0.987. The highest BCUT2D eigenvalue weighted by Gasteiger charge is 2.18. The Balaban J connectivity index is 0.000000238. The highest BCUT2D eigenvalue weighted by molar-refractivity contribution is 6.44. The Morgan fingerprint density at radius 2 is 1.48 bits per heavy atom. The number of nitro benzene ring substituents is 1. The first-order valence-corrected chi connectivity index (χ1v) is 7.31. The lowest BCUT2D eigenvalue weighted by molar-refractivity contribution is -0.385. The third kappa shape index (κ3) is 4.91. The molecule has 0 aliphatic rings. The van der Waals surface area contributed by atoms with Crippen LogP contribution in [-0.4, -0.2) is 17.5 Å². The first kappa shape index (κ1) is 19.4. The Morgan fingerprint density at radius 3 is 1.96 bits per heavy atom. The molecule has 2 aromatic carbocycles. The highest BCUT2D eigenvalue weighted by atomic mass is 35.5. The minimum absolute atomic E-state index is 0.0918. The monoisotopic (exact) mass is 393 g/mol. The van der Waals surface area contributed by atoms with Crippen molar-refractivity contribution in [2.45, 2.75) is 0 Å². The van der Waals surface area contributed by atoms with Crippen LogP contribution in [0.25, 0.3) is 0 Å². The first-order chi connectivity index (χ1) is 10.8. The van der Waals surface area contributed by atoms with Crippen LogP contribution in [0.2, 0.25) is 20.1 Å². The van der Waals surface area contributed by atoms with Gasteiger partial charge < -0.3 is 0 Å². The van der Waals surface area contributed by atoms with Crippen LogP contribution in [0.5, 0.6) is 0 Å². The molecule has 0 amide bonds. The highest BCUT2D eigenvalue weighted by Crippen LogP contribution is 2.31. The van der Waals surface area contributed by atoms with Gasteiger partial charge in [0.1, 0.15) is 5.56 Å². The number of hydrogen-bond donors (Lipinski definition) is 0. The van der Waals surface area contributed by atoms with Crippen LogP contribution in [0, 0.1) is 10.1 Å². The molecule has 0 saturated heterocycles. The third-order valence-electron chi connectivity index (χ3n) is 2.53. The molecule has 0 fully saturated rings. The van der Waals surface area contributed by atoms with Crippen LogP contribution in [0.3, 0.4) is 0 Å². The zero-order valence-electron chi connectivity index (χ0n) is 11.1. The van der Waals surface area contributed by atoms with E-state index in [0.29, 0.717) is 28.2 Å². The molecule has 0 atom stereocenters. The van der Waals surface area contributed by atoms with Crippen LogP contribution in [0.4, 0.5) is 5.69 Å². The summed E-state index contributed by atoms with van der Waals surface area (Å²) in [6.45, 7) is 0. The minimum atomic E-state index is -0.689. The molecule has 5 nitrogen and oxygen atoms in total. The normalized spacial score (nSPS) is 9.57. The Morgan fingerprint density at radius 1 is 0.870 bits per heavy atom. The Hall–Kier alpha value is -1.66. The van der Waals surface area contributed by atoms with E-state index in [9.17, 15) is 19.7 Å². The van der Waals surface area contributed by atoms with Crippen LogP contribution in [0.1, 0.15) is 20.7 Å². The second kappa shape index (κ2) is 8.84. The Labute approximate surface area is 150 Å². The van der Waals surface area contributed by atoms with Crippen molar-refractivity contribution in [3.63, 3.8) is 0 Å². The summed E-state index contributed by atoms with van der Waals surface area (Å²) in [5.41, 5.74) is -0.113. The summed E-state index contributed by atoms with van der Waals surface area (Å²) in [6, 6.07) is 7.34. The van der Waals surface area contributed by atoms with E-state index in [0.717, 1.165) is 6.07 Å². The van der Waals surface area contributed by atoms with Gasteiger partial charge in [-0.3, -0.25) is 19.7 Å². The van der Waals surface area contributed by atoms with Crippen molar-refractivity contribution in [1.82, 2.24) is 0 Å². The number of aldehydes is 2. The molecule has 120 valence electrons. The van der Waals surface area contributed by atoms with Crippen molar-refractivity contribution in [2.75, 3.05) is 0 Å². The van der Waals surface area contributed by atoms with Crippen molar-refractivity contribution >= 4 is 64.7 Å². The van der Waals surface area contributed by atoms with Crippen LogP contribution >= 0.6 is 46.4 Å². The fourth-order valence-electron chi connectivity index (χ4n) is 1.44. The molecule has 0 aliphatic heterocycles. The lowest BCUT2D eigenvalue weighted by Crippen LogP contribution is -1.95. The number of carbonyl (C=O) groups is 2. The number of nitro groups is 1. The van der Waals surface area contributed by atoms with Crippen LogP contribution < -0.4 is 0 Å². The fraction of sp³-hybridized carbons (Fsp3) is 0. The van der Waals surface area contributed by atoms with E-state index in [1.807, 2.05) is 0 Å². The predicted molar refractivity (Wildman–Crippen MR) is 90.4 cm³/mol. The lowest BCUT2D eigenvalue weighted by atomic mass is 10.2. The summed E-state index contributed by atoms with van der Waals surface area (Å²) in [5.74, 6) is 0. The Bertz CT molecular complexity index is 765. The predicted octanol–water partition coefficient (Wildman–Crippen LogP) is 5.52. The summed E-state index contributed by atoms with van der Waals surface area (Å²) >= 11 is 22.4. The maximum atomic E-state index is 10.5. The summed E-state index contributed by atoms with van der Waals surface area (Å²) in [5, 5.41) is 11.1. The van der Waals surface area contributed by atoms with Gasteiger partial charge in [0.15, 0.2) is 12.6 Å². The van der Waals surface area contributed by atoms with Crippen molar-refractivity contribution < 1.29 is 14.5 Å². The van der Waals surface area contributed by atoms with E-state index in [4.69, 9.17) is 46.4 Å². The third-order valence-corrected chi connectivity index (χ3v) is 4.19. The maximum absolute atomic E-state index is 10.5. The average Bonchev–Trinajstić information content (AvgIpc) is 2.53. The van der Waals surface area contributed by atoms with Gasteiger partial charge in [0.05, 0.1) is 25.0 Å². The number of hydrogen-bond acceptors (Lipinski definition) is 4. The first-order valence-electron chi connectivity index (χ1n) is 5.80. The number of nitrogens with zero attached hydrogens (tertiary/aromatic N) is 1. The number of rotatable bonds is 3. The van der Waals surface area contributed by atoms with Gasteiger partial charge in [-0.2, -0.15) is 0 Å². The molecule has 0 saturated carbocycles. The van der Waals surface area contributed by atoms with Crippen molar-refractivity contribution in [2.24, 2.45) is 0 Å². The molecule has 0 N–H and O–H groups in total. The lowest BCUT2D eigenvalue weighted by Gasteiger charge is -1.99. The van der Waals surface area contributed by atoms with E-state index >= 15 is 0 Å². The van der Waals surface area contributed by atoms with E-state index in [2.05, 4.69) is 0 Å². The fourth-order valence-corrected chi connectivity index (χ4v) is 2.16. The molecule has 23 heavy (non-hydrogen) atoms. The summed E-state index contributed by atoms with van der Waals surface area (Å²) < 4.78 is 0. The van der Waals surface area contributed by atoms with Gasteiger partial charge in [0, 0.05) is 11.6 Å². The van der Waals surface area contributed by atoms with E-state index in [1.54, 1.807) is 18.2 Å². The second-order valence-corrected chi connectivity index (χ2v) is 5.50. The number of benzene rings is 2. The average molecular weight is 395 g/mol. The second-order valence-electron chi connectivity index (χ2n) is 3.93. The van der Waals surface area contributed by atoms with Gasteiger partial charge >= 0.3 is 0 Å². The molecule has 0 bridgehead atoms. The summed E-state index contributed by atoms with van der Waals surface area (Å²) in [7, 11) is 0. The van der Waals surface area contributed by atoms with Gasteiger partial charge in [-0.15, -0.1) is 0 Å². The van der Waals surface area contributed by atoms with Crippen molar-refractivity contribution in [1.29, 1.82) is 0 Å². The van der Waals surface area contributed by atoms with Gasteiger partial charge in [-0.25, -0.2) is 0 Å². The van der Waals surface area contributed by atoms with Gasteiger partial charge in [-0.05, 0) is 12.1 Å².